The van der Waals surface area contributed by atoms with Gasteiger partial charge in [-0.2, -0.15) is 18.2 Å². The molecule has 1 aromatic heterocycles. The van der Waals surface area contributed by atoms with E-state index in [2.05, 4.69) is 9.97 Å². The molecule has 0 spiro atoms. The number of ether oxygens (including phenoxy) is 1. The van der Waals surface area contributed by atoms with Gasteiger partial charge in [0.15, 0.2) is 0 Å². The molecule has 0 unspecified atom stereocenters. The van der Waals surface area contributed by atoms with E-state index in [0.717, 1.165) is 24.4 Å². The van der Waals surface area contributed by atoms with Crippen LogP contribution in [0, 0.1) is 0 Å². The molecule has 112 valence electrons. The predicted molar refractivity (Wildman–Crippen MR) is 66.6 cm³/mol. The van der Waals surface area contributed by atoms with E-state index in [1.54, 1.807) is 0 Å². The number of halogens is 4. The number of hydrogen-bond donors (Lipinski definition) is 0. The summed E-state index contributed by atoms with van der Waals surface area (Å²) in [5.41, 5.74) is 0. The summed E-state index contributed by atoms with van der Waals surface area (Å²) < 4.78 is 64.5. The van der Waals surface area contributed by atoms with Gasteiger partial charge in [-0.25, -0.2) is 13.4 Å². The topological polar surface area (TPSA) is 69.2 Å². The van der Waals surface area contributed by atoms with Crippen LogP contribution in [0.25, 0.3) is 0 Å². The highest BCUT2D eigenvalue weighted by molar-refractivity contribution is 8.13. The largest absolute Gasteiger partial charge is 0.451 e. The fraction of sp³-hybridized carbons (Fsp3) is 0.0909. The van der Waals surface area contributed by atoms with Crippen molar-refractivity contribution in [2.24, 2.45) is 0 Å². The summed E-state index contributed by atoms with van der Waals surface area (Å²) in [6.45, 7) is 0. The van der Waals surface area contributed by atoms with Gasteiger partial charge < -0.3 is 4.74 Å². The Balaban J connectivity index is 2.23. The van der Waals surface area contributed by atoms with E-state index in [9.17, 15) is 21.6 Å². The molecule has 0 radical (unpaired) electrons. The molecule has 1 heterocycles. The molecule has 2 rings (SSSR count). The number of nitrogens with zero attached hydrogens (tertiary/aromatic N) is 2. The minimum absolute atomic E-state index is 0.103. The Morgan fingerprint density at radius 3 is 2.24 bits per heavy atom. The van der Waals surface area contributed by atoms with Gasteiger partial charge in [-0.3, -0.25) is 0 Å². The molecule has 0 amide bonds. The van der Waals surface area contributed by atoms with Crippen LogP contribution in [-0.4, -0.2) is 18.4 Å². The zero-order chi connectivity index (χ0) is 15.7. The average molecular weight is 339 g/mol. The number of alkyl halides is 3. The zero-order valence-corrected chi connectivity index (χ0v) is 11.6. The normalized spacial score (nSPS) is 12.2. The molecule has 21 heavy (non-hydrogen) atoms. The van der Waals surface area contributed by atoms with E-state index in [-0.39, 0.29) is 16.5 Å². The fourth-order valence-electron chi connectivity index (χ4n) is 1.33. The van der Waals surface area contributed by atoms with Crippen molar-refractivity contribution in [3.8, 4) is 11.6 Å². The summed E-state index contributed by atoms with van der Waals surface area (Å²) in [6.07, 6.45) is -3.78. The first-order chi connectivity index (χ1) is 9.66. The van der Waals surface area contributed by atoms with Crippen LogP contribution in [0.1, 0.15) is 5.82 Å². The molecule has 5 nitrogen and oxygen atoms in total. The molecule has 0 saturated carbocycles. The van der Waals surface area contributed by atoms with Gasteiger partial charge in [-0.15, -0.1) is 0 Å². The van der Waals surface area contributed by atoms with Crippen molar-refractivity contribution in [1.82, 2.24) is 9.97 Å². The smallest absolute Gasteiger partial charge is 0.439 e. The van der Waals surface area contributed by atoms with Crippen molar-refractivity contribution in [3.63, 3.8) is 0 Å². The van der Waals surface area contributed by atoms with Gasteiger partial charge in [0.05, 0.1) is 4.90 Å². The first kappa shape index (κ1) is 15.5. The average Bonchev–Trinajstić information content (AvgIpc) is 2.37. The molecule has 0 aliphatic heterocycles. The van der Waals surface area contributed by atoms with Gasteiger partial charge in [0.1, 0.15) is 5.75 Å². The second kappa shape index (κ2) is 5.49. The number of hydrogen-bond acceptors (Lipinski definition) is 5. The van der Waals surface area contributed by atoms with Gasteiger partial charge >= 0.3 is 6.18 Å². The molecule has 1 aromatic carbocycles. The minimum Gasteiger partial charge on any atom is -0.439 e. The van der Waals surface area contributed by atoms with E-state index < -0.39 is 21.1 Å². The van der Waals surface area contributed by atoms with Crippen LogP contribution in [-0.2, 0) is 15.2 Å². The Morgan fingerprint density at radius 2 is 1.71 bits per heavy atom. The predicted octanol–water partition coefficient (Wildman–Crippen LogP) is 3.22. The van der Waals surface area contributed by atoms with Crippen molar-refractivity contribution >= 4 is 19.7 Å². The molecule has 2 aromatic rings. The zero-order valence-electron chi connectivity index (χ0n) is 10.0. The lowest BCUT2D eigenvalue weighted by atomic mass is 10.3. The standard InChI is InChI=1S/C11H6ClF3N2O3S/c12-21(18,19)8-3-1-7(2-4-8)20-9-5-6-16-10(17-9)11(13,14)15/h1-6H. The Labute approximate surface area is 121 Å². The highest BCUT2D eigenvalue weighted by Crippen LogP contribution is 2.28. The minimum atomic E-state index is -4.68. The quantitative estimate of drug-likeness (QED) is 0.804. The molecule has 0 N–H and O–H groups in total. The van der Waals surface area contributed by atoms with Crippen LogP contribution in [0.3, 0.4) is 0 Å². The van der Waals surface area contributed by atoms with Gasteiger partial charge in [0, 0.05) is 22.9 Å². The van der Waals surface area contributed by atoms with Crippen molar-refractivity contribution < 1.29 is 26.3 Å². The van der Waals surface area contributed by atoms with E-state index in [1.807, 2.05) is 0 Å². The molecule has 0 bridgehead atoms. The molecular formula is C11H6ClF3N2O3S. The van der Waals surface area contributed by atoms with Crippen LogP contribution >= 0.6 is 10.7 Å². The van der Waals surface area contributed by atoms with Crippen molar-refractivity contribution in [2.45, 2.75) is 11.1 Å². The van der Waals surface area contributed by atoms with Crippen LogP contribution < -0.4 is 4.74 Å². The molecule has 0 aliphatic carbocycles. The van der Waals surface area contributed by atoms with Gasteiger partial charge in [-0.05, 0) is 24.3 Å². The van der Waals surface area contributed by atoms with Crippen molar-refractivity contribution in [2.75, 3.05) is 0 Å². The number of benzene rings is 1. The maximum absolute atomic E-state index is 12.4. The fourth-order valence-corrected chi connectivity index (χ4v) is 2.10. The lowest BCUT2D eigenvalue weighted by Crippen LogP contribution is -2.10. The van der Waals surface area contributed by atoms with Crippen LogP contribution in [0.5, 0.6) is 11.6 Å². The summed E-state index contributed by atoms with van der Waals surface area (Å²) >= 11 is 0. The second-order valence-electron chi connectivity index (χ2n) is 3.73. The van der Waals surface area contributed by atoms with Crippen LogP contribution in [0.4, 0.5) is 13.2 Å². The third-order valence-corrected chi connectivity index (χ3v) is 3.58. The first-order valence-electron chi connectivity index (χ1n) is 5.29. The molecule has 0 aliphatic rings. The Morgan fingerprint density at radius 1 is 1.10 bits per heavy atom. The third kappa shape index (κ3) is 4.05. The maximum atomic E-state index is 12.4. The van der Waals surface area contributed by atoms with Crippen molar-refractivity contribution in [1.29, 1.82) is 0 Å². The van der Waals surface area contributed by atoms with Gasteiger partial charge in [0.25, 0.3) is 9.05 Å². The van der Waals surface area contributed by atoms with E-state index in [1.165, 1.54) is 12.1 Å². The Kier molecular flexibility index (Phi) is 4.06. The van der Waals surface area contributed by atoms with Crippen LogP contribution in [0.2, 0.25) is 0 Å². The third-order valence-electron chi connectivity index (χ3n) is 2.21. The summed E-state index contributed by atoms with van der Waals surface area (Å²) in [7, 11) is 1.25. The Hall–Kier alpha value is -1.87. The van der Waals surface area contributed by atoms with E-state index in [0.29, 0.717) is 0 Å². The summed E-state index contributed by atoms with van der Waals surface area (Å²) in [5, 5.41) is 0. The lowest BCUT2D eigenvalue weighted by molar-refractivity contribution is -0.145. The number of aromatic nitrogens is 2. The highest BCUT2D eigenvalue weighted by atomic mass is 35.7. The molecule has 0 atom stereocenters. The van der Waals surface area contributed by atoms with Crippen LogP contribution in [0.15, 0.2) is 41.4 Å². The molecular weight excluding hydrogens is 333 g/mol. The second-order valence-corrected chi connectivity index (χ2v) is 6.29. The maximum Gasteiger partial charge on any atom is 0.451 e. The van der Waals surface area contributed by atoms with E-state index >= 15 is 0 Å². The Bertz CT molecular complexity index is 748. The summed E-state index contributed by atoms with van der Waals surface area (Å²) in [5.74, 6) is -1.55. The van der Waals surface area contributed by atoms with E-state index in [4.69, 9.17) is 15.4 Å². The molecule has 0 saturated heterocycles. The highest BCUT2D eigenvalue weighted by Gasteiger charge is 2.34. The van der Waals surface area contributed by atoms with Gasteiger partial charge in [-0.1, -0.05) is 0 Å². The summed E-state index contributed by atoms with van der Waals surface area (Å²) in [6, 6.07) is 5.93. The number of rotatable bonds is 3. The first-order valence-corrected chi connectivity index (χ1v) is 7.60. The lowest BCUT2D eigenvalue weighted by Gasteiger charge is -2.08. The SMILES string of the molecule is O=S(=O)(Cl)c1ccc(Oc2ccnc(C(F)(F)F)n2)cc1. The molecule has 10 heteroatoms. The monoisotopic (exact) mass is 338 g/mol. The van der Waals surface area contributed by atoms with Crippen molar-refractivity contribution in [3.05, 3.63) is 42.4 Å². The molecule has 0 fully saturated rings. The van der Waals surface area contributed by atoms with Gasteiger partial charge in [0.2, 0.25) is 11.7 Å². The summed E-state index contributed by atoms with van der Waals surface area (Å²) in [4.78, 5) is 6.14.